The molecule has 24 heavy (non-hydrogen) atoms. The zero-order valence-electron chi connectivity index (χ0n) is 13.3. The summed E-state index contributed by atoms with van der Waals surface area (Å²) in [6.45, 7) is 3.76. The van der Waals surface area contributed by atoms with Crippen molar-refractivity contribution in [2.45, 2.75) is 24.9 Å². The van der Waals surface area contributed by atoms with Gasteiger partial charge in [0.25, 0.3) is 0 Å². The number of nitrogens with zero attached hydrogens (tertiary/aromatic N) is 4. The van der Waals surface area contributed by atoms with Gasteiger partial charge < -0.3 is 4.98 Å². The molecule has 0 fully saturated rings. The first-order chi connectivity index (χ1) is 11.6. The van der Waals surface area contributed by atoms with Crippen molar-refractivity contribution in [2.75, 3.05) is 5.75 Å². The highest BCUT2D eigenvalue weighted by Gasteiger charge is 2.24. The van der Waals surface area contributed by atoms with Crippen LogP contribution in [-0.2, 0) is 4.79 Å². The Morgan fingerprint density at radius 1 is 1.25 bits per heavy atom. The van der Waals surface area contributed by atoms with E-state index in [1.54, 1.807) is 0 Å². The lowest BCUT2D eigenvalue weighted by atomic mass is 10.1. The Labute approximate surface area is 143 Å². The van der Waals surface area contributed by atoms with Crippen molar-refractivity contribution in [1.29, 1.82) is 5.26 Å². The van der Waals surface area contributed by atoms with Crippen LogP contribution in [0.1, 0.15) is 23.1 Å². The molecule has 7 heteroatoms. The third-order valence-corrected chi connectivity index (χ3v) is 4.31. The van der Waals surface area contributed by atoms with Gasteiger partial charge in [0.05, 0.1) is 22.9 Å². The zero-order chi connectivity index (χ0) is 17.1. The van der Waals surface area contributed by atoms with Gasteiger partial charge in [-0.15, -0.1) is 0 Å². The fraction of sp³-hybridized carbons (Fsp3) is 0.235. The minimum absolute atomic E-state index is 0.123. The second kappa shape index (κ2) is 6.81. The molecular formula is C17H15N5OS. The van der Waals surface area contributed by atoms with E-state index < -0.39 is 5.92 Å². The van der Waals surface area contributed by atoms with E-state index in [1.807, 2.05) is 50.2 Å². The molecule has 1 unspecified atom stereocenters. The molecule has 0 spiro atoms. The smallest absolute Gasteiger partial charge is 0.188 e. The van der Waals surface area contributed by atoms with Crippen molar-refractivity contribution < 1.29 is 4.79 Å². The highest BCUT2D eigenvalue weighted by Crippen LogP contribution is 2.22. The van der Waals surface area contributed by atoms with Crippen LogP contribution < -0.4 is 0 Å². The number of imidazole rings is 1. The molecule has 6 nitrogen and oxygen atoms in total. The summed E-state index contributed by atoms with van der Waals surface area (Å²) in [7, 11) is 0. The average Bonchev–Trinajstić information content (AvgIpc) is 2.96. The number of carbonyl (C=O) groups excluding carboxylic acids is 1. The van der Waals surface area contributed by atoms with E-state index in [-0.39, 0.29) is 11.5 Å². The van der Waals surface area contributed by atoms with E-state index >= 15 is 0 Å². The highest BCUT2D eigenvalue weighted by atomic mass is 32.2. The summed E-state index contributed by atoms with van der Waals surface area (Å²) < 4.78 is 0. The molecule has 0 aliphatic heterocycles. The van der Waals surface area contributed by atoms with Gasteiger partial charge >= 0.3 is 0 Å². The Balaban J connectivity index is 1.75. The van der Waals surface area contributed by atoms with Crippen molar-refractivity contribution >= 4 is 28.6 Å². The van der Waals surface area contributed by atoms with Gasteiger partial charge in [0.15, 0.2) is 16.9 Å². The number of aromatic amines is 1. The first-order valence-corrected chi connectivity index (χ1v) is 8.37. The Kier molecular flexibility index (Phi) is 4.58. The maximum Gasteiger partial charge on any atom is 0.188 e. The number of Topliss-reactive ketones (excluding diaryl/α,β-unsaturated/α-hetero) is 1. The summed E-state index contributed by atoms with van der Waals surface area (Å²) >= 11 is 1.24. The number of nitrogens with one attached hydrogen (secondary N) is 1. The van der Waals surface area contributed by atoms with Gasteiger partial charge in [-0.3, -0.25) is 4.79 Å². The number of ketones is 1. The molecular weight excluding hydrogens is 322 g/mol. The summed E-state index contributed by atoms with van der Waals surface area (Å²) in [6.07, 6.45) is 0. The van der Waals surface area contributed by atoms with Crippen LogP contribution in [0.25, 0.3) is 11.0 Å². The molecule has 1 atom stereocenters. The maximum atomic E-state index is 12.4. The lowest BCUT2D eigenvalue weighted by molar-refractivity contribution is -0.117. The van der Waals surface area contributed by atoms with E-state index in [2.05, 4.69) is 19.9 Å². The van der Waals surface area contributed by atoms with Gasteiger partial charge in [-0.25, -0.2) is 15.0 Å². The number of rotatable bonds is 5. The number of hydrogen-bond acceptors (Lipinski definition) is 6. The average molecular weight is 337 g/mol. The SMILES string of the molecule is Cc1cc(C)nc(SCC(=O)C(C#N)c2nc3ccccc3[nH]2)n1. The predicted molar refractivity (Wildman–Crippen MR) is 91.7 cm³/mol. The molecule has 120 valence electrons. The zero-order valence-corrected chi connectivity index (χ0v) is 14.1. The number of carbonyl (C=O) groups is 1. The second-order valence-electron chi connectivity index (χ2n) is 5.39. The fourth-order valence-corrected chi connectivity index (χ4v) is 3.23. The number of nitriles is 1. The molecule has 2 heterocycles. The number of hydrogen-bond donors (Lipinski definition) is 1. The van der Waals surface area contributed by atoms with E-state index in [4.69, 9.17) is 0 Å². The molecule has 3 rings (SSSR count). The normalized spacial score (nSPS) is 12.0. The summed E-state index contributed by atoms with van der Waals surface area (Å²) in [6, 6.07) is 11.4. The van der Waals surface area contributed by atoms with Crippen molar-refractivity contribution in [3.8, 4) is 6.07 Å². The molecule has 0 saturated heterocycles. The number of aryl methyl sites for hydroxylation is 2. The molecule has 2 aromatic heterocycles. The van der Waals surface area contributed by atoms with Gasteiger partial charge in [-0.1, -0.05) is 23.9 Å². The number of H-pyrrole nitrogens is 1. The predicted octanol–water partition coefficient (Wildman–Crippen LogP) is 2.94. The third kappa shape index (κ3) is 3.44. The van der Waals surface area contributed by atoms with Gasteiger partial charge in [-0.05, 0) is 32.0 Å². The topological polar surface area (TPSA) is 95.3 Å². The molecule has 0 amide bonds. The van der Waals surface area contributed by atoms with Gasteiger partial charge in [0.2, 0.25) is 0 Å². The molecule has 0 saturated carbocycles. The van der Waals surface area contributed by atoms with Crippen LogP contribution in [-0.4, -0.2) is 31.5 Å². The molecule has 1 aromatic carbocycles. The Morgan fingerprint density at radius 3 is 2.62 bits per heavy atom. The van der Waals surface area contributed by atoms with Crippen LogP contribution in [0.2, 0.25) is 0 Å². The highest BCUT2D eigenvalue weighted by molar-refractivity contribution is 7.99. The standard InChI is InChI=1S/C17H15N5OS/c1-10-7-11(2)20-17(19-10)24-9-15(23)12(8-18)16-21-13-5-3-4-6-14(13)22-16/h3-7,12H,9H2,1-2H3,(H,21,22). The van der Waals surface area contributed by atoms with E-state index in [0.29, 0.717) is 11.0 Å². The van der Waals surface area contributed by atoms with Crippen molar-refractivity contribution in [3.63, 3.8) is 0 Å². The third-order valence-electron chi connectivity index (χ3n) is 3.44. The lowest BCUT2D eigenvalue weighted by Crippen LogP contribution is -2.15. The van der Waals surface area contributed by atoms with Crippen LogP contribution in [0.5, 0.6) is 0 Å². The number of fused-ring (bicyclic) bond motifs is 1. The van der Waals surface area contributed by atoms with Crippen LogP contribution in [0.4, 0.5) is 0 Å². The largest absolute Gasteiger partial charge is 0.340 e. The van der Waals surface area contributed by atoms with E-state index in [1.165, 1.54) is 11.8 Å². The first kappa shape index (κ1) is 16.1. The minimum Gasteiger partial charge on any atom is -0.340 e. The number of para-hydroxylation sites is 2. The maximum absolute atomic E-state index is 12.4. The fourth-order valence-electron chi connectivity index (χ4n) is 2.37. The Bertz CT molecular complexity index is 890. The molecule has 0 aliphatic rings. The van der Waals surface area contributed by atoms with E-state index in [0.717, 1.165) is 22.4 Å². The first-order valence-electron chi connectivity index (χ1n) is 7.39. The Morgan fingerprint density at radius 2 is 1.96 bits per heavy atom. The van der Waals surface area contributed by atoms with Crippen LogP contribution >= 0.6 is 11.8 Å². The van der Waals surface area contributed by atoms with Crippen molar-refractivity contribution in [2.24, 2.45) is 0 Å². The molecule has 3 aromatic rings. The van der Waals surface area contributed by atoms with Crippen molar-refractivity contribution in [1.82, 2.24) is 19.9 Å². The molecule has 0 bridgehead atoms. The van der Waals surface area contributed by atoms with Crippen molar-refractivity contribution in [3.05, 3.63) is 47.5 Å². The van der Waals surface area contributed by atoms with Crippen LogP contribution in [0.3, 0.4) is 0 Å². The summed E-state index contributed by atoms with van der Waals surface area (Å²) in [5, 5.41) is 9.93. The number of aromatic nitrogens is 4. The van der Waals surface area contributed by atoms with Gasteiger partial charge in [-0.2, -0.15) is 5.26 Å². The van der Waals surface area contributed by atoms with Crippen LogP contribution in [0.15, 0.2) is 35.5 Å². The summed E-state index contributed by atoms with van der Waals surface area (Å²) in [5.74, 6) is -0.635. The number of thioether (sulfide) groups is 1. The van der Waals surface area contributed by atoms with Crippen LogP contribution in [0, 0.1) is 25.2 Å². The minimum atomic E-state index is -0.921. The van der Waals surface area contributed by atoms with Gasteiger partial charge in [0.1, 0.15) is 5.82 Å². The monoisotopic (exact) mass is 337 g/mol. The molecule has 1 N–H and O–H groups in total. The lowest BCUT2D eigenvalue weighted by Gasteiger charge is -2.05. The molecule has 0 radical (unpaired) electrons. The second-order valence-corrected chi connectivity index (χ2v) is 6.33. The Hall–Kier alpha value is -2.72. The quantitative estimate of drug-likeness (QED) is 0.568. The summed E-state index contributed by atoms with van der Waals surface area (Å²) in [5.41, 5.74) is 3.26. The van der Waals surface area contributed by atoms with Gasteiger partial charge in [0, 0.05) is 11.4 Å². The molecule has 0 aliphatic carbocycles. The van der Waals surface area contributed by atoms with E-state index in [9.17, 15) is 10.1 Å². The summed E-state index contributed by atoms with van der Waals surface area (Å²) in [4.78, 5) is 28.4. The number of benzene rings is 1.